The molecule has 30 heavy (non-hydrogen) atoms. The van der Waals surface area contributed by atoms with E-state index in [0.29, 0.717) is 19.0 Å². The van der Waals surface area contributed by atoms with Crippen molar-refractivity contribution in [2.45, 2.75) is 51.6 Å². The Hall–Kier alpha value is -1.66. The van der Waals surface area contributed by atoms with Crippen LogP contribution < -0.4 is 10.6 Å². The maximum Gasteiger partial charge on any atom is 0.242 e. The number of aryl methyl sites for hydroxylation is 2. The van der Waals surface area contributed by atoms with Crippen LogP contribution in [0.2, 0.25) is 0 Å². The molecule has 8 nitrogen and oxygen atoms in total. The highest BCUT2D eigenvalue weighted by Crippen LogP contribution is 2.16. The minimum Gasteiger partial charge on any atom is -0.361 e. The quantitative estimate of drug-likeness (QED) is 0.284. The van der Waals surface area contributed by atoms with E-state index in [1.54, 1.807) is 24.3 Å². The molecule has 1 aromatic heterocycles. The van der Waals surface area contributed by atoms with Gasteiger partial charge in [0.2, 0.25) is 10.0 Å². The monoisotopic (exact) mass is 549 g/mol. The fraction of sp³-hybridized carbons (Fsp3) is 0.500. The molecule has 2 rings (SSSR count). The number of nitrogens with zero attached hydrogens (tertiary/aromatic N) is 3. The van der Waals surface area contributed by atoms with Crippen LogP contribution in [0.15, 0.2) is 38.7 Å². The Bertz CT molecular complexity index is 903. The van der Waals surface area contributed by atoms with Gasteiger partial charge in [0.15, 0.2) is 5.96 Å². The summed E-state index contributed by atoms with van der Waals surface area (Å²) in [7, 11) is -0.384. The van der Waals surface area contributed by atoms with Gasteiger partial charge in [-0.2, -0.15) is 0 Å². The molecule has 2 N–H and O–H groups in total. The van der Waals surface area contributed by atoms with Crippen LogP contribution in [0.3, 0.4) is 0 Å². The largest absolute Gasteiger partial charge is 0.361 e. The minimum absolute atomic E-state index is 0. The highest BCUT2D eigenvalue weighted by molar-refractivity contribution is 14.0. The van der Waals surface area contributed by atoms with Gasteiger partial charge < -0.3 is 15.2 Å². The van der Waals surface area contributed by atoms with Crippen molar-refractivity contribution >= 4 is 40.0 Å². The highest BCUT2D eigenvalue weighted by atomic mass is 127. The van der Waals surface area contributed by atoms with E-state index in [1.165, 1.54) is 18.4 Å². The number of hydrogen-bond acceptors (Lipinski definition) is 5. The van der Waals surface area contributed by atoms with Crippen molar-refractivity contribution in [1.29, 1.82) is 0 Å². The van der Waals surface area contributed by atoms with Crippen molar-refractivity contribution in [3.8, 4) is 0 Å². The molecule has 0 saturated heterocycles. The third-order valence-electron chi connectivity index (χ3n) is 4.51. The van der Waals surface area contributed by atoms with Gasteiger partial charge >= 0.3 is 0 Å². The maximum atomic E-state index is 12.2. The predicted octanol–water partition coefficient (Wildman–Crippen LogP) is 2.92. The lowest BCUT2D eigenvalue weighted by atomic mass is 10.1. The zero-order chi connectivity index (χ0) is 21.4. The Morgan fingerprint density at radius 1 is 1.10 bits per heavy atom. The van der Waals surface area contributed by atoms with E-state index in [-0.39, 0.29) is 28.9 Å². The van der Waals surface area contributed by atoms with Crippen LogP contribution in [0, 0.1) is 0 Å². The first kappa shape index (κ1) is 26.4. The number of hydrogen-bond donors (Lipinski definition) is 2. The molecule has 0 saturated carbocycles. The minimum atomic E-state index is -3.42. The second kappa shape index (κ2) is 12.3. The molecule has 0 aliphatic heterocycles. The second-order valence-electron chi connectivity index (χ2n) is 6.72. The number of nitrogens with one attached hydrogen (secondary N) is 2. The molecule has 1 heterocycles. The summed E-state index contributed by atoms with van der Waals surface area (Å²) in [5.41, 5.74) is 2.97. The third-order valence-corrected chi connectivity index (χ3v) is 6.33. The summed E-state index contributed by atoms with van der Waals surface area (Å²) < 4.78 is 30.9. The van der Waals surface area contributed by atoms with Gasteiger partial charge in [-0.3, -0.25) is 0 Å². The lowest BCUT2D eigenvalue weighted by Crippen LogP contribution is -2.37. The van der Waals surface area contributed by atoms with Crippen molar-refractivity contribution in [3.63, 3.8) is 0 Å². The van der Waals surface area contributed by atoms with Crippen molar-refractivity contribution in [2.75, 3.05) is 20.6 Å². The molecule has 0 radical (unpaired) electrons. The van der Waals surface area contributed by atoms with Crippen LogP contribution in [0.4, 0.5) is 0 Å². The summed E-state index contributed by atoms with van der Waals surface area (Å²) in [6.45, 7) is 7.86. The Balaban J connectivity index is 0.00000450. The van der Waals surface area contributed by atoms with E-state index in [2.05, 4.69) is 27.7 Å². The summed E-state index contributed by atoms with van der Waals surface area (Å²) in [6.07, 6.45) is 1.61. The first-order chi connectivity index (χ1) is 13.8. The van der Waals surface area contributed by atoms with E-state index in [9.17, 15) is 8.42 Å². The average Bonchev–Trinajstić information content (AvgIpc) is 3.12. The summed E-state index contributed by atoms with van der Waals surface area (Å²) in [6, 6.07) is 6.79. The fourth-order valence-electron chi connectivity index (χ4n) is 2.80. The number of benzene rings is 1. The van der Waals surface area contributed by atoms with Crippen LogP contribution in [0.25, 0.3) is 0 Å². The molecule has 0 bridgehead atoms. The van der Waals surface area contributed by atoms with Gasteiger partial charge in [-0.1, -0.05) is 31.1 Å². The molecule has 0 aliphatic rings. The SMILES string of the molecule is CCNC(=NCc1ccc(S(=O)(=O)N(C)C)cc1)NCc1c(CC)noc1CC.I. The molecular formula is C20H32IN5O3S. The van der Waals surface area contributed by atoms with Crippen molar-refractivity contribution in [2.24, 2.45) is 4.99 Å². The number of aromatic nitrogens is 1. The first-order valence-electron chi connectivity index (χ1n) is 9.83. The fourth-order valence-corrected chi connectivity index (χ4v) is 3.70. The molecule has 10 heteroatoms. The molecule has 0 unspecified atom stereocenters. The number of rotatable bonds is 9. The van der Waals surface area contributed by atoms with Gasteiger partial charge in [0.05, 0.1) is 17.1 Å². The first-order valence-corrected chi connectivity index (χ1v) is 11.3. The molecule has 0 aliphatic carbocycles. The van der Waals surface area contributed by atoms with Crippen molar-refractivity contribution in [1.82, 2.24) is 20.1 Å². The lowest BCUT2D eigenvalue weighted by molar-refractivity contribution is 0.380. The van der Waals surface area contributed by atoms with Crippen molar-refractivity contribution < 1.29 is 12.9 Å². The smallest absolute Gasteiger partial charge is 0.242 e. The van der Waals surface area contributed by atoms with E-state index in [1.807, 2.05) is 13.8 Å². The maximum absolute atomic E-state index is 12.2. The predicted molar refractivity (Wildman–Crippen MR) is 130 cm³/mol. The summed E-state index contributed by atoms with van der Waals surface area (Å²) in [5, 5.41) is 10.7. The molecule has 0 atom stereocenters. The summed E-state index contributed by atoms with van der Waals surface area (Å²) in [5.74, 6) is 1.57. The third kappa shape index (κ3) is 6.67. The number of aliphatic imine (C=N–C) groups is 1. The van der Waals surface area contributed by atoms with Crippen LogP contribution in [0.5, 0.6) is 0 Å². The number of guanidine groups is 1. The topological polar surface area (TPSA) is 99.8 Å². The molecule has 2 aromatic rings. The van der Waals surface area contributed by atoms with Crippen molar-refractivity contribution in [3.05, 3.63) is 46.8 Å². The Labute approximate surface area is 196 Å². The highest BCUT2D eigenvalue weighted by Gasteiger charge is 2.16. The lowest BCUT2D eigenvalue weighted by Gasteiger charge is -2.12. The Morgan fingerprint density at radius 3 is 2.30 bits per heavy atom. The van der Waals surface area contributed by atoms with Gasteiger partial charge in [-0.15, -0.1) is 24.0 Å². The van der Waals surface area contributed by atoms with E-state index in [0.717, 1.165) is 42.0 Å². The zero-order valence-electron chi connectivity index (χ0n) is 18.2. The Morgan fingerprint density at radius 2 is 1.77 bits per heavy atom. The zero-order valence-corrected chi connectivity index (χ0v) is 21.4. The number of halogens is 1. The van der Waals surface area contributed by atoms with Crippen LogP contribution in [0.1, 0.15) is 43.4 Å². The van der Waals surface area contributed by atoms with E-state index < -0.39 is 10.0 Å². The normalized spacial score (nSPS) is 12.0. The molecule has 0 spiro atoms. The van der Waals surface area contributed by atoms with Gasteiger partial charge in [0, 0.05) is 39.2 Å². The van der Waals surface area contributed by atoms with Crippen LogP contribution >= 0.6 is 24.0 Å². The number of sulfonamides is 1. The average molecular weight is 549 g/mol. The molecule has 0 amide bonds. The van der Waals surface area contributed by atoms with E-state index >= 15 is 0 Å². The van der Waals surface area contributed by atoms with E-state index in [4.69, 9.17) is 4.52 Å². The second-order valence-corrected chi connectivity index (χ2v) is 8.87. The van der Waals surface area contributed by atoms with Gasteiger partial charge in [-0.05, 0) is 31.0 Å². The van der Waals surface area contributed by atoms with Gasteiger partial charge in [0.1, 0.15) is 5.76 Å². The van der Waals surface area contributed by atoms with Crippen LogP contribution in [-0.4, -0.2) is 44.5 Å². The van der Waals surface area contributed by atoms with Gasteiger partial charge in [-0.25, -0.2) is 17.7 Å². The van der Waals surface area contributed by atoms with Gasteiger partial charge in [0.25, 0.3) is 0 Å². The summed E-state index contributed by atoms with van der Waals surface area (Å²) >= 11 is 0. The van der Waals surface area contributed by atoms with Crippen LogP contribution in [-0.2, 0) is 36.0 Å². The molecular weight excluding hydrogens is 517 g/mol. The molecule has 1 aromatic carbocycles. The Kier molecular flexibility index (Phi) is 10.8. The standard InChI is InChI=1S/C20H31N5O3S.HI/c1-6-18-17(19(7-2)28-24-18)14-23-20(21-8-3)22-13-15-9-11-16(12-10-15)29(26,27)25(4)5;/h9-12H,6-8,13-14H2,1-5H3,(H2,21,22,23);1H. The molecule has 168 valence electrons. The summed E-state index contributed by atoms with van der Waals surface area (Å²) in [4.78, 5) is 4.87. The molecule has 0 fully saturated rings.